The lowest BCUT2D eigenvalue weighted by Gasteiger charge is -2.12. The van der Waals surface area contributed by atoms with Gasteiger partial charge >= 0.3 is 5.69 Å². The number of hydrogen-bond donors (Lipinski definition) is 1. The van der Waals surface area contributed by atoms with Gasteiger partial charge in [-0.3, -0.25) is 18.7 Å². The highest BCUT2D eigenvalue weighted by Gasteiger charge is 2.16. The van der Waals surface area contributed by atoms with E-state index >= 15 is 0 Å². The largest absolute Gasteiger partial charge is 0.332 e. The number of anilines is 1. The number of hydrogen-bond acceptors (Lipinski definition) is 3. The van der Waals surface area contributed by atoms with Crippen LogP contribution in [0.3, 0.4) is 0 Å². The molecular weight excluding hydrogens is 317 g/mol. The molecule has 1 N–H and O–H groups in total. The Kier molecular flexibility index (Phi) is 4.20. The topological polar surface area (TPSA) is 73.1 Å². The van der Waals surface area contributed by atoms with Crippen molar-refractivity contribution in [2.45, 2.75) is 0 Å². The third-order valence-corrected chi connectivity index (χ3v) is 3.59. The fourth-order valence-corrected chi connectivity index (χ4v) is 2.32. The molecular formula is C13H11Cl2N3O3. The van der Waals surface area contributed by atoms with Crippen LogP contribution >= 0.6 is 23.2 Å². The maximum atomic E-state index is 12.2. The van der Waals surface area contributed by atoms with Crippen molar-refractivity contribution >= 4 is 34.9 Å². The van der Waals surface area contributed by atoms with Crippen LogP contribution < -0.4 is 16.6 Å². The number of aromatic nitrogens is 2. The van der Waals surface area contributed by atoms with Gasteiger partial charge in [0.1, 0.15) is 5.82 Å². The Labute approximate surface area is 129 Å². The third-order valence-electron chi connectivity index (χ3n) is 2.96. The molecule has 110 valence electrons. The summed E-state index contributed by atoms with van der Waals surface area (Å²) < 4.78 is 2.07. The standard InChI is InChI=1S/C13H11Cl2N3O3/c1-17-9(6-10(19)18(2)13(17)21)16-12(20)11-7(14)4-3-5-8(11)15/h3-6H,1-2H3,(H,16,20). The maximum absolute atomic E-state index is 12.2. The summed E-state index contributed by atoms with van der Waals surface area (Å²) in [5.74, 6) is -0.544. The minimum atomic E-state index is -0.603. The van der Waals surface area contributed by atoms with Gasteiger partial charge in [0.15, 0.2) is 0 Å². The van der Waals surface area contributed by atoms with E-state index in [4.69, 9.17) is 23.2 Å². The zero-order valence-electron chi connectivity index (χ0n) is 11.2. The van der Waals surface area contributed by atoms with Gasteiger partial charge in [-0.25, -0.2) is 4.79 Å². The van der Waals surface area contributed by atoms with Crippen LogP contribution in [0.25, 0.3) is 0 Å². The van der Waals surface area contributed by atoms with Gasteiger partial charge in [0.05, 0.1) is 15.6 Å². The monoisotopic (exact) mass is 327 g/mol. The summed E-state index contributed by atoms with van der Waals surface area (Å²) in [6.07, 6.45) is 0. The minimum absolute atomic E-state index is 0.0593. The molecule has 0 spiro atoms. The number of nitrogens with one attached hydrogen (secondary N) is 1. The Morgan fingerprint density at radius 2 is 1.67 bits per heavy atom. The average Bonchev–Trinajstić information content (AvgIpc) is 2.42. The second-order valence-electron chi connectivity index (χ2n) is 4.32. The zero-order chi connectivity index (χ0) is 15.7. The first kappa shape index (κ1) is 15.3. The Morgan fingerprint density at radius 3 is 2.24 bits per heavy atom. The normalized spacial score (nSPS) is 10.5. The van der Waals surface area contributed by atoms with Crippen LogP contribution in [0.15, 0.2) is 33.9 Å². The summed E-state index contributed by atoms with van der Waals surface area (Å²) in [4.78, 5) is 35.6. The highest BCUT2D eigenvalue weighted by Crippen LogP contribution is 2.24. The molecule has 8 heteroatoms. The van der Waals surface area contributed by atoms with E-state index in [1.807, 2.05) is 0 Å². The van der Waals surface area contributed by atoms with Crippen molar-refractivity contribution in [2.75, 3.05) is 5.32 Å². The number of carbonyl (C=O) groups is 1. The molecule has 0 bridgehead atoms. The van der Waals surface area contributed by atoms with Crippen LogP contribution in [-0.4, -0.2) is 15.0 Å². The molecule has 0 unspecified atom stereocenters. The van der Waals surface area contributed by atoms with E-state index < -0.39 is 17.2 Å². The highest BCUT2D eigenvalue weighted by atomic mass is 35.5. The Balaban J connectivity index is 2.46. The van der Waals surface area contributed by atoms with Gasteiger partial charge in [0.2, 0.25) is 0 Å². The fourth-order valence-electron chi connectivity index (χ4n) is 1.75. The van der Waals surface area contributed by atoms with Gasteiger partial charge in [-0.1, -0.05) is 29.3 Å². The predicted molar refractivity (Wildman–Crippen MR) is 81.3 cm³/mol. The van der Waals surface area contributed by atoms with Crippen molar-refractivity contribution in [2.24, 2.45) is 14.1 Å². The number of halogens is 2. The van der Waals surface area contributed by atoms with Crippen molar-refractivity contribution in [3.8, 4) is 0 Å². The lowest BCUT2D eigenvalue weighted by atomic mass is 10.2. The molecule has 0 aliphatic heterocycles. The van der Waals surface area contributed by atoms with E-state index in [2.05, 4.69) is 5.32 Å². The number of nitrogens with zero attached hydrogens (tertiary/aromatic N) is 2. The second kappa shape index (κ2) is 5.75. The molecule has 2 aromatic rings. The van der Waals surface area contributed by atoms with E-state index in [9.17, 15) is 14.4 Å². The molecule has 1 amide bonds. The Bertz CT molecular complexity index is 819. The molecule has 0 radical (unpaired) electrons. The Morgan fingerprint density at radius 1 is 1.10 bits per heavy atom. The van der Waals surface area contributed by atoms with E-state index in [1.54, 1.807) is 6.07 Å². The lowest BCUT2D eigenvalue weighted by molar-refractivity contribution is 0.102. The molecule has 1 aromatic carbocycles. The summed E-state index contributed by atoms with van der Waals surface area (Å²) in [5.41, 5.74) is -1.00. The number of amides is 1. The van der Waals surface area contributed by atoms with Crippen molar-refractivity contribution in [3.63, 3.8) is 0 Å². The molecule has 0 fully saturated rings. The van der Waals surface area contributed by atoms with E-state index in [0.29, 0.717) is 0 Å². The average molecular weight is 328 g/mol. The van der Waals surface area contributed by atoms with Crippen LogP contribution in [0.1, 0.15) is 10.4 Å². The molecule has 0 saturated carbocycles. The Hall–Kier alpha value is -2.05. The predicted octanol–water partition coefficient (Wildman–Crippen LogP) is 1.64. The van der Waals surface area contributed by atoms with Gasteiger partial charge in [0.25, 0.3) is 11.5 Å². The number of benzene rings is 1. The summed E-state index contributed by atoms with van der Waals surface area (Å²) in [7, 11) is 2.78. The van der Waals surface area contributed by atoms with Crippen molar-refractivity contribution in [1.29, 1.82) is 0 Å². The van der Waals surface area contributed by atoms with Gasteiger partial charge in [0, 0.05) is 20.2 Å². The fraction of sp³-hybridized carbons (Fsp3) is 0.154. The first-order valence-corrected chi connectivity index (χ1v) is 6.61. The van der Waals surface area contributed by atoms with E-state index in [-0.39, 0.29) is 21.4 Å². The summed E-state index contributed by atoms with van der Waals surface area (Å²) in [5, 5.41) is 2.81. The molecule has 2 rings (SSSR count). The van der Waals surface area contributed by atoms with Crippen molar-refractivity contribution < 1.29 is 4.79 Å². The number of carbonyl (C=O) groups excluding carboxylic acids is 1. The molecule has 1 heterocycles. The highest BCUT2D eigenvalue weighted by molar-refractivity contribution is 6.40. The lowest BCUT2D eigenvalue weighted by Crippen LogP contribution is -2.38. The van der Waals surface area contributed by atoms with Crippen LogP contribution in [-0.2, 0) is 14.1 Å². The summed E-state index contributed by atoms with van der Waals surface area (Å²) >= 11 is 11.9. The molecule has 0 aliphatic rings. The van der Waals surface area contributed by atoms with Crippen LogP contribution in [0.4, 0.5) is 5.82 Å². The van der Waals surface area contributed by atoms with E-state index in [0.717, 1.165) is 15.2 Å². The van der Waals surface area contributed by atoms with Crippen LogP contribution in [0, 0.1) is 0 Å². The van der Waals surface area contributed by atoms with Gasteiger partial charge in [-0.2, -0.15) is 0 Å². The first-order valence-electron chi connectivity index (χ1n) is 5.85. The summed E-state index contributed by atoms with van der Waals surface area (Å²) in [6, 6.07) is 5.79. The molecule has 6 nitrogen and oxygen atoms in total. The molecule has 0 saturated heterocycles. The molecule has 0 atom stereocenters. The maximum Gasteiger partial charge on any atom is 0.332 e. The van der Waals surface area contributed by atoms with Crippen molar-refractivity contribution in [3.05, 3.63) is 60.7 Å². The first-order chi connectivity index (χ1) is 9.82. The summed E-state index contributed by atoms with van der Waals surface area (Å²) in [6.45, 7) is 0. The molecule has 1 aromatic heterocycles. The molecule has 0 aliphatic carbocycles. The SMILES string of the molecule is Cn1c(NC(=O)c2c(Cl)cccc2Cl)cc(=O)n(C)c1=O. The zero-order valence-corrected chi connectivity index (χ0v) is 12.7. The minimum Gasteiger partial charge on any atom is -0.308 e. The van der Waals surface area contributed by atoms with Crippen LogP contribution in [0.2, 0.25) is 10.0 Å². The number of rotatable bonds is 2. The van der Waals surface area contributed by atoms with E-state index in [1.165, 1.54) is 26.2 Å². The van der Waals surface area contributed by atoms with Gasteiger partial charge in [-0.15, -0.1) is 0 Å². The smallest absolute Gasteiger partial charge is 0.308 e. The second-order valence-corrected chi connectivity index (χ2v) is 5.13. The van der Waals surface area contributed by atoms with Gasteiger partial charge in [-0.05, 0) is 12.1 Å². The van der Waals surface area contributed by atoms with Crippen molar-refractivity contribution in [1.82, 2.24) is 9.13 Å². The quantitative estimate of drug-likeness (QED) is 0.911. The molecule has 21 heavy (non-hydrogen) atoms. The third kappa shape index (κ3) is 2.86. The van der Waals surface area contributed by atoms with Gasteiger partial charge < -0.3 is 5.32 Å². The van der Waals surface area contributed by atoms with Crippen LogP contribution in [0.5, 0.6) is 0 Å².